The average molecular weight is 363 g/mol. The van der Waals surface area contributed by atoms with E-state index in [-0.39, 0.29) is 29.9 Å². The van der Waals surface area contributed by atoms with E-state index in [9.17, 15) is 9.59 Å². The number of nitrogens with one attached hydrogen (secondary N) is 1. The summed E-state index contributed by atoms with van der Waals surface area (Å²) < 4.78 is 0. The van der Waals surface area contributed by atoms with Gasteiger partial charge in [0.05, 0.1) is 0 Å². The summed E-state index contributed by atoms with van der Waals surface area (Å²) in [6, 6.07) is 12.0. The van der Waals surface area contributed by atoms with Gasteiger partial charge in [-0.05, 0) is 61.9 Å². The van der Waals surface area contributed by atoms with Gasteiger partial charge in [0.2, 0.25) is 0 Å². The zero-order valence-electron chi connectivity index (χ0n) is 15.6. The predicted molar refractivity (Wildman–Crippen MR) is 104 cm³/mol. The number of benzene rings is 1. The standard InChI is InChI=1S/C22H25N3O2/c1-2-15-3-5-17(6-4-15)22(27)25-19-7-8-20(25)14-18(13-19)24-21(26)16-9-11-23-12-10-16/h3-6,9-12,18-20H,2,7-8,13-14H2,1H3,(H,24,26)/t18?,19-,20+. The Bertz CT molecular complexity index is 805. The lowest BCUT2D eigenvalue weighted by Gasteiger charge is -2.39. The maximum atomic E-state index is 13.0. The molecule has 0 spiro atoms. The zero-order chi connectivity index (χ0) is 18.8. The fraction of sp³-hybridized carbons (Fsp3) is 0.409. The molecule has 2 fully saturated rings. The number of amides is 2. The molecule has 140 valence electrons. The Labute approximate surface area is 159 Å². The molecule has 5 heteroatoms. The smallest absolute Gasteiger partial charge is 0.254 e. The van der Waals surface area contributed by atoms with Crippen molar-refractivity contribution < 1.29 is 9.59 Å². The van der Waals surface area contributed by atoms with Crippen LogP contribution in [0.4, 0.5) is 0 Å². The second-order valence-corrected chi connectivity index (χ2v) is 7.53. The van der Waals surface area contributed by atoms with E-state index in [0.29, 0.717) is 5.56 Å². The van der Waals surface area contributed by atoms with Crippen molar-refractivity contribution in [3.05, 3.63) is 65.5 Å². The fourth-order valence-corrected chi connectivity index (χ4v) is 4.43. The van der Waals surface area contributed by atoms with Gasteiger partial charge in [-0.15, -0.1) is 0 Å². The van der Waals surface area contributed by atoms with E-state index in [2.05, 4.69) is 22.1 Å². The van der Waals surface area contributed by atoms with Gasteiger partial charge in [-0.1, -0.05) is 19.1 Å². The Morgan fingerprint density at radius 2 is 1.63 bits per heavy atom. The Hall–Kier alpha value is -2.69. The van der Waals surface area contributed by atoms with Crippen molar-refractivity contribution in [3.8, 4) is 0 Å². The quantitative estimate of drug-likeness (QED) is 0.907. The van der Waals surface area contributed by atoms with Crippen molar-refractivity contribution in [3.63, 3.8) is 0 Å². The van der Waals surface area contributed by atoms with Crippen molar-refractivity contribution in [2.75, 3.05) is 0 Å². The SMILES string of the molecule is CCc1ccc(C(=O)N2[C@@H]3CC[C@H]2CC(NC(=O)c2ccncc2)C3)cc1. The lowest BCUT2D eigenvalue weighted by atomic mass is 9.95. The van der Waals surface area contributed by atoms with Crippen molar-refractivity contribution >= 4 is 11.8 Å². The summed E-state index contributed by atoms with van der Waals surface area (Å²) in [5, 5.41) is 3.15. The highest BCUT2D eigenvalue weighted by Crippen LogP contribution is 2.37. The fourth-order valence-electron chi connectivity index (χ4n) is 4.43. The molecule has 5 nitrogen and oxygen atoms in total. The van der Waals surface area contributed by atoms with Crippen LogP contribution in [0.5, 0.6) is 0 Å². The number of nitrogens with zero attached hydrogens (tertiary/aromatic N) is 2. The van der Waals surface area contributed by atoms with E-state index in [1.54, 1.807) is 24.5 Å². The lowest BCUT2D eigenvalue weighted by Crippen LogP contribution is -2.52. The summed E-state index contributed by atoms with van der Waals surface area (Å²) in [6.07, 6.45) is 7.92. The molecular weight excluding hydrogens is 338 g/mol. The minimum absolute atomic E-state index is 0.0586. The monoisotopic (exact) mass is 363 g/mol. The molecule has 2 aromatic rings. The minimum atomic E-state index is -0.0586. The molecule has 1 aromatic heterocycles. The second-order valence-electron chi connectivity index (χ2n) is 7.53. The molecule has 2 saturated heterocycles. The molecule has 0 aliphatic carbocycles. The highest BCUT2D eigenvalue weighted by atomic mass is 16.2. The molecule has 2 aliphatic heterocycles. The van der Waals surface area contributed by atoms with E-state index in [0.717, 1.165) is 37.7 Å². The van der Waals surface area contributed by atoms with Crippen molar-refractivity contribution in [2.45, 2.75) is 57.2 Å². The minimum Gasteiger partial charge on any atom is -0.349 e. The van der Waals surface area contributed by atoms with Gasteiger partial charge in [-0.25, -0.2) is 0 Å². The number of hydrogen-bond donors (Lipinski definition) is 1. The zero-order valence-corrected chi connectivity index (χ0v) is 15.6. The number of aryl methyl sites for hydroxylation is 1. The normalized spacial score (nSPS) is 23.9. The highest BCUT2D eigenvalue weighted by molar-refractivity contribution is 5.95. The van der Waals surface area contributed by atoms with Crippen molar-refractivity contribution in [1.82, 2.24) is 15.2 Å². The molecule has 1 N–H and O–H groups in total. The van der Waals surface area contributed by atoms with Crippen LogP contribution in [0.25, 0.3) is 0 Å². The molecule has 3 atom stereocenters. The Morgan fingerprint density at radius 1 is 1.00 bits per heavy atom. The molecule has 2 aliphatic rings. The van der Waals surface area contributed by atoms with Crippen LogP contribution in [0.3, 0.4) is 0 Å². The number of rotatable bonds is 4. The molecule has 2 bridgehead atoms. The maximum absolute atomic E-state index is 13.0. The Balaban J connectivity index is 1.42. The third-order valence-electron chi connectivity index (χ3n) is 5.85. The summed E-state index contributed by atoms with van der Waals surface area (Å²) in [5.74, 6) is 0.0702. The number of pyridine rings is 1. The Kier molecular flexibility index (Phi) is 4.92. The van der Waals surface area contributed by atoms with Gasteiger partial charge in [0.1, 0.15) is 0 Å². The molecule has 0 saturated carbocycles. The summed E-state index contributed by atoms with van der Waals surface area (Å²) in [4.78, 5) is 31.5. The molecular formula is C22H25N3O2. The molecule has 27 heavy (non-hydrogen) atoms. The van der Waals surface area contributed by atoms with E-state index in [1.165, 1.54) is 5.56 Å². The van der Waals surface area contributed by atoms with Crippen LogP contribution in [0.1, 0.15) is 58.9 Å². The van der Waals surface area contributed by atoms with E-state index in [1.807, 2.05) is 24.3 Å². The van der Waals surface area contributed by atoms with E-state index >= 15 is 0 Å². The van der Waals surface area contributed by atoms with Crippen molar-refractivity contribution in [1.29, 1.82) is 0 Å². The van der Waals surface area contributed by atoms with Gasteiger partial charge in [-0.2, -0.15) is 0 Å². The number of aromatic nitrogens is 1. The summed E-state index contributed by atoms with van der Waals surface area (Å²) >= 11 is 0. The Morgan fingerprint density at radius 3 is 2.22 bits per heavy atom. The van der Waals surface area contributed by atoms with Gasteiger partial charge in [-0.3, -0.25) is 14.6 Å². The van der Waals surface area contributed by atoms with E-state index in [4.69, 9.17) is 0 Å². The van der Waals surface area contributed by atoms with Gasteiger partial charge in [0.25, 0.3) is 11.8 Å². The van der Waals surface area contributed by atoms with Crippen molar-refractivity contribution in [2.24, 2.45) is 0 Å². The van der Waals surface area contributed by atoms with Gasteiger partial charge < -0.3 is 10.2 Å². The first-order chi connectivity index (χ1) is 13.2. The first kappa shape index (κ1) is 17.7. The topological polar surface area (TPSA) is 62.3 Å². The molecule has 3 heterocycles. The third-order valence-corrected chi connectivity index (χ3v) is 5.85. The summed E-state index contributed by atoms with van der Waals surface area (Å²) in [6.45, 7) is 2.11. The van der Waals surface area contributed by atoms with Crippen LogP contribution in [0.2, 0.25) is 0 Å². The van der Waals surface area contributed by atoms with Crippen LogP contribution in [0, 0.1) is 0 Å². The van der Waals surface area contributed by atoms with Crippen LogP contribution in [-0.2, 0) is 6.42 Å². The number of fused-ring (bicyclic) bond motifs is 2. The summed E-state index contributed by atoms with van der Waals surface area (Å²) in [5.41, 5.74) is 2.64. The molecule has 4 rings (SSSR count). The first-order valence-corrected chi connectivity index (χ1v) is 9.78. The second kappa shape index (κ2) is 7.51. The summed E-state index contributed by atoms with van der Waals surface area (Å²) in [7, 11) is 0. The first-order valence-electron chi connectivity index (χ1n) is 9.78. The number of carbonyl (C=O) groups is 2. The largest absolute Gasteiger partial charge is 0.349 e. The molecule has 1 aromatic carbocycles. The van der Waals surface area contributed by atoms with Crippen LogP contribution < -0.4 is 5.32 Å². The lowest BCUT2D eigenvalue weighted by molar-refractivity contribution is 0.0549. The maximum Gasteiger partial charge on any atom is 0.254 e. The van der Waals surface area contributed by atoms with Gasteiger partial charge in [0.15, 0.2) is 0 Å². The van der Waals surface area contributed by atoms with Gasteiger partial charge >= 0.3 is 0 Å². The molecule has 2 amide bonds. The average Bonchev–Trinajstić information content (AvgIpc) is 2.98. The van der Waals surface area contributed by atoms with Crippen LogP contribution >= 0.6 is 0 Å². The van der Waals surface area contributed by atoms with Crippen LogP contribution in [0.15, 0.2) is 48.8 Å². The molecule has 0 radical (unpaired) electrons. The highest BCUT2D eigenvalue weighted by Gasteiger charge is 2.43. The number of carbonyl (C=O) groups excluding carboxylic acids is 2. The van der Waals surface area contributed by atoms with E-state index < -0.39 is 0 Å². The number of piperidine rings is 1. The molecule has 1 unspecified atom stereocenters. The number of hydrogen-bond acceptors (Lipinski definition) is 3. The van der Waals surface area contributed by atoms with Gasteiger partial charge in [0, 0.05) is 41.6 Å². The predicted octanol–water partition coefficient (Wildman–Crippen LogP) is 3.21. The third kappa shape index (κ3) is 3.59. The van der Waals surface area contributed by atoms with Crippen LogP contribution in [-0.4, -0.2) is 39.8 Å².